The smallest absolute Gasteiger partial charge is 0.223 e. The van der Waals surface area contributed by atoms with Crippen LogP contribution in [0.5, 0.6) is 0 Å². The van der Waals surface area contributed by atoms with E-state index in [9.17, 15) is 9.18 Å². The monoisotopic (exact) mass is 348 g/mol. The molecular formula is C17H21FN4OS. The van der Waals surface area contributed by atoms with Gasteiger partial charge in [-0.3, -0.25) is 4.79 Å². The van der Waals surface area contributed by atoms with Crippen LogP contribution >= 0.6 is 11.3 Å². The van der Waals surface area contributed by atoms with Gasteiger partial charge in [0.15, 0.2) is 5.13 Å². The lowest BCUT2D eigenvalue weighted by molar-refractivity contribution is -0.130. The fraction of sp³-hybridized carbons (Fsp3) is 0.412. The third-order valence-electron chi connectivity index (χ3n) is 4.20. The van der Waals surface area contributed by atoms with E-state index in [2.05, 4.69) is 9.88 Å². The van der Waals surface area contributed by atoms with Crippen molar-refractivity contribution in [1.29, 1.82) is 0 Å². The van der Waals surface area contributed by atoms with E-state index in [0.717, 1.165) is 37.4 Å². The van der Waals surface area contributed by atoms with Gasteiger partial charge in [0.1, 0.15) is 5.82 Å². The van der Waals surface area contributed by atoms with E-state index in [0.29, 0.717) is 24.5 Å². The number of aryl methyl sites for hydroxylation is 1. The molecule has 0 atom stereocenters. The SMILES string of the molecule is Nc1nc(CCC(=O)N2CCCN(c3ccc(F)cc3)CC2)cs1. The quantitative estimate of drug-likeness (QED) is 0.922. The van der Waals surface area contributed by atoms with Crippen molar-refractivity contribution in [1.82, 2.24) is 9.88 Å². The molecule has 1 aliphatic heterocycles. The highest BCUT2D eigenvalue weighted by Crippen LogP contribution is 2.18. The van der Waals surface area contributed by atoms with E-state index in [4.69, 9.17) is 5.73 Å². The Morgan fingerprint density at radius 1 is 1.21 bits per heavy atom. The maximum Gasteiger partial charge on any atom is 0.223 e. The standard InChI is InChI=1S/C17H21FN4OS/c18-13-2-5-15(6-3-13)21-8-1-9-22(11-10-21)16(23)7-4-14-12-24-17(19)20-14/h2-3,5-6,12H,1,4,7-11H2,(H2,19,20). The largest absolute Gasteiger partial charge is 0.375 e. The molecule has 1 aliphatic rings. The number of benzene rings is 1. The summed E-state index contributed by atoms with van der Waals surface area (Å²) >= 11 is 1.40. The molecule has 2 heterocycles. The zero-order valence-electron chi connectivity index (χ0n) is 13.4. The van der Waals surface area contributed by atoms with Gasteiger partial charge in [-0.25, -0.2) is 9.37 Å². The highest BCUT2D eigenvalue weighted by molar-refractivity contribution is 7.13. The Hall–Kier alpha value is -2.15. The summed E-state index contributed by atoms with van der Waals surface area (Å²) in [5.41, 5.74) is 7.50. The molecule has 7 heteroatoms. The van der Waals surface area contributed by atoms with Crippen molar-refractivity contribution in [3.8, 4) is 0 Å². The van der Waals surface area contributed by atoms with Crippen LogP contribution in [-0.4, -0.2) is 42.0 Å². The fourth-order valence-corrected chi connectivity index (χ4v) is 3.50. The predicted molar refractivity (Wildman–Crippen MR) is 94.7 cm³/mol. The number of carbonyl (C=O) groups excluding carboxylic acids is 1. The summed E-state index contributed by atoms with van der Waals surface area (Å²) in [6.07, 6.45) is 2.00. The van der Waals surface area contributed by atoms with Crippen molar-refractivity contribution in [2.24, 2.45) is 0 Å². The second-order valence-corrected chi connectivity index (χ2v) is 6.76. The fourth-order valence-electron chi connectivity index (χ4n) is 2.91. The molecule has 0 aliphatic carbocycles. The van der Waals surface area contributed by atoms with Crippen LogP contribution in [0.15, 0.2) is 29.6 Å². The van der Waals surface area contributed by atoms with Gasteiger partial charge in [-0.1, -0.05) is 0 Å². The average Bonchev–Trinajstić information content (AvgIpc) is 2.84. The first-order valence-corrected chi connectivity index (χ1v) is 8.98. The number of thiazole rings is 1. The molecule has 0 unspecified atom stereocenters. The van der Waals surface area contributed by atoms with E-state index >= 15 is 0 Å². The number of amides is 1. The lowest BCUT2D eigenvalue weighted by atomic mass is 10.2. The maximum absolute atomic E-state index is 13.0. The van der Waals surface area contributed by atoms with Gasteiger partial charge >= 0.3 is 0 Å². The Labute approximate surface area is 144 Å². The first-order valence-electron chi connectivity index (χ1n) is 8.10. The number of hydrogen-bond donors (Lipinski definition) is 1. The maximum atomic E-state index is 13.0. The zero-order chi connectivity index (χ0) is 16.9. The number of hydrogen-bond acceptors (Lipinski definition) is 5. The number of nitrogen functional groups attached to an aromatic ring is 1. The summed E-state index contributed by atoms with van der Waals surface area (Å²) in [6.45, 7) is 3.09. The van der Waals surface area contributed by atoms with Crippen molar-refractivity contribution in [3.63, 3.8) is 0 Å². The molecule has 0 bridgehead atoms. The highest BCUT2D eigenvalue weighted by atomic mass is 32.1. The number of rotatable bonds is 4. The predicted octanol–water partition coefficient (Wildman–Crippen LogP) is 2.54. The number of anilines is 2. The van der Waals surface area contributed by atoms with Crippen molar-refractivity contribution in [2.75, 3.05) is 36.8 Å². The van der Waals surface area contributed by atoms with Gasteiger partial charge < -0.3 is 15.5 Å². The minimum absolute atomic E-state index is 0.155. The van der Waals surface area contributed by atoms with Gasteiger partial charge in [-0.2, -0.15) is 0 Å². The number of aromatic nitrogens is 1. The molecule has 128 valence electrons. The molecule has 0 saturated carbocycles. The van der Waals surface area contributed by atoms with Gasteiger partial charge in [-0.05, 0) is 37.1 Å². The molecule has 1 amide bonds. The first-order chi connectivity index (χ1) is 11.6. The van der Waals surface area contributed by atoms with Crippen molar-refractivity contribution < 1.29 is 9.18 Å². The molecule has 1 saturated heterocycles. The van der Waals surface area contributed by atoms with E-state index in [1.807, 2.05) is 10.3 Å². The molecule has 3 rings (SSSR count). The van der Waals surface area contributed by atoms with Crippen molar-refractivity contribution in [3.05, 3.63) is 41.2 Å². The molecular weight excluding hydrogens is 327 g/mol. The second-order valence-electron chi connectivity index (χ2n) is 5.87. The summed E-state index contributed by atoms with van der Waals surface area (Å²) in [4.78, 5) is 20.7. The Kier molecular flexibility index (Phi) is 5.30. The first kappa shape index (κ1) is 16.7. The van der Waals surface area contributed by atoms with Crippen molar-refractivity contribution in [2.45, 2.75) is 19.3 Å². The molecule has 1 aromatic heterocycles. The van der Waals surface area contributed by atoms with Crippen LogP contribution in [0, 0.1) is 5.82 Å². The van der Waals surface area contributed by atoms with Crippen LogP contribution < -0.4 is 10.6 Å². The highest BCUT2D eigenvalue weighted by Gasteiger charge is 2.19. The molecule has 0 radical (unpaired) electrons. The van der Waals surface area contributed by atoms with E-state index in [1.165, 1.54) is 23.5 Å². The summed E-state index contributed by atoms with van der Waals surface area (Å²) in [5.74, 6) is -0.0735. The van der Waals surface area contributed by atoms with Gasteiger partial charge in [-0.15, -0.1) is 11.3 Å². The molecule has 2 aromatic rings. The normalized spacial score (nSPS) is 15.4. The summed E-state index contributed by atoms with van der Waals surface area (Å²) < 4.78 is 13.0. The Balaban J connectivity index is 1.52. The molecule has 0 spiro atoms. The molecule has 5 nitrogen and oxygen atoms in total. The average molecular weight is 348 g/mol. The van der Waals surface area contributed by atoms with Crippen molar-refractivity contribution >= 4 is 28.1 Å². The Morgan fingerprint density at radius 3 is 2.71 bits per heavy atom. The molecule has 1 aromatic carbocycles. The van der Waals surface area contributed by atoms with Crippen LogP contribution in [0.4, 0.5) is 15.2 Å². The Morgan fingerprint density at radius 2 is 2.00 bits per heavy atom. The number of halogens is 1. The van der Waals surface area contributed by atoms with Crippen LogP contribution in [0.25, 0.3) is 0 Å². The summed E-state index contributed by atoms with van der Waals surface area (Å²) in [7, 11) is 0. The third-order valence-corrected chi connectivity index (χ3v) is 4.93. The minimum atomic E-state index is -0.229. The van der Waals surface area contributed by atoms with Gasteiger partial charge in [0.05, 0.1) is 5.69 Å². The zero-order valence-corrected chi connectivity index (χ0v) is 14.3. The lowest BCUT2D eigenvalue weighted by Crippen LogP contribution is -2.35. The van der Waals surface area contributed by atoms with Crippen LogP contribution in [-0.2, 0) is 11.2 Å². The van der Waals surface area contributed by atoms with E-state index in [1.54, 1.807) is 12.1 Å². The van der Waals surface area contributed by atoms with Gasteiger partial charge in [0.2, 0.25) is 5.91 Å². The van der Waals surface area contributed by atoms with E-state index < -0.39 is 0 Å². The molecule has 1 fully saturated rings. The van der Waals surface area contributed by atoms with Gasteiger partial charge in [0.25, 0.3) is 0 Å². The van der Waals surface area contributed by atoms with Crippen LogP contribution in [0.3, 0.4) is 0 Å². The molecule has 2 N–H and O–H groups in total. The van der Waals surface area contributed by atoms with Crippen LogP contribution in [0.2, 0.25) is 0 Å². The van der Waals surface area contributed by atoms with E-state index in [-0.39, 0.29) is 11.7 Å². The number of carbonyl (C=O) groups is 1. The third kappa shape index (κ3) is 4.23. The minimum Gasteiger partial charge on any atom is -0.375 e. The number of nitrogens with zero attached hydrogens (tertiary/aromatic N) is 3. The molecule has 24 heavy (non-hydrogen) atoms. The topological polar surface area (TPSA) is 62.5 Å². The summed E-state index contributed by atoms with van der Waals surface area (Å²) in [5, 5.41) is 2.45. The lowest BCUT2D eigenvalue weighted by Gasteiger charge is -2.23. The Bertz CT molecular complexity index is 688. The summed E-state index contributed by atoms with van der Waals surface area (Å²) in [6, 6.07) is 6.53. The number of nitrogens with two attached hydrogens (primary N) is 1. The van der Waals surface area contributed by atoms with Gasteiger partial charge in [0, 0.05) is 43.7 Å². The second kappa shape index (κ2) is 7.61. The van der Waals surface area contributed by atoms with Crippen LogP contribution in [0.1, 0.15) is 18.5 Å².